The van der Waals surface area contributed by atoms with E-state index < -0.39 is 0 Å². The van der Waals surface area contributed by atoms with Crippen LogP contribution in [-0.2, 0) is 0 Å². The van der Waals surface area contributed by atoms with Crippen LogP contribution in [0, 0.1) is 12.8 Å². The molecule has 1 N–H and O–H groups in total. The molecule has 0 amide bonds. The number of hydrogen-bond donors (Lipinski definition) is 1. The highest BCUT2D eigenvalue weighted by Crippen LogP contribution is 2.24. The van der Waals surface area contributed by atoms with Crippen molar-refractivity contribution in [1.29, 1.82) is 0 Å². The van der Waals surface area contributed by atoms with Crippen molar-refractivity contribution in [1.82, 2.24) is 10.3 Å². The van der Waals surface area contributed by atoms with E-state index in [1.807, 2.05) is 12.4 Å². The van der Waals surface area contributed by atoms with Crippen LogP contribution in [0.15, 0.2) is 18.5 Å². The van der Waals surface area contributed by atoms with Crippen molar-refractivity contribution in [3.05, 3.63) is 29.6 Å². The van der Waals surface area contributed by atoms with E-state index in [1.165, 1.54) is 24.0 Å². The fourth-order valence-corrected chi connectivity index (χ4v) is 1.98. The lowest BCUT2D eigenvalue weighted by atomic mass is 9.93. The molecule has 0 bridgehead atoms. The Balaban J connectivity index is 2.80. The predicted octanol–water partition coefficient (Wildman–Crippen LogP) is 3.48. The van der Waals surface area contributed by atoms with Crippen molar-refractivity contribution in [2.75, 3.05) is 6.54 Å². The van der Waals surface area contributed by atoms with E-state index in [0.29, 0.717) is 6.04 Å². The summed E-state index contributed by atoms with van der Waals surface area (Å²) in [7, 11) is 0. The van der Waals surface area contributed by atoms with Crippen molar-refractivity contribution >= 4 is 0 Å². The Bertz CT molecular complexity index is 309. The summed E-state index contributed by atoms with van der Waals surface area (Å²) < 4.78 is 0. The molecule has 2 atom stereocenters. The molecule has 0 fully saturated rings. The number of nitrogens with one attached hydrogen (secondary N) is 1. The van der Waals surface area contributed by atoms with Crippen LogP contribution in [0.4, 0.5) is 0 Å². The van der Waals surface area contributed by atoms with Crippen LogP contribution in [-0.4, -0.2) is 11.5 Å². The molecule has 2 heteroatoms. The maximum atomic E-state index is 4.24. The zero-order valence-electron chi connectivity index (χ0n) is 11.0. The van der Waals surface area contributed by atoms with E-state index in [4.69, 9.17) is 0 Å². The van der Waals surface area contributed by atoms with Gasteiger partial charge < -0.3 is 5.32 Å². The number of aryl methyl sites for hydroxylation is 1. The molecule has 1 rings (SSSR count). The number of nitrogens with zero attached hydrogens (tertiary/aromatic N) is 1. The van der Waals surface area contributed by atoms with E-state index in [-0.39, 0.29) is 0 Å². The van der Waals surface area contributed by atoms with Crippen molar-refractivity contribution in [3.63, 3.8) is 0 Å². The summed E-state index contributed by atoms with van der Waals surface area (Å²) in [5, 5.41) is 3.56. The van der Waals surface area contributed by atoms with Crippen LogP contribution in [0.5, 0.6) is 0 Å². The van der Waals surface area contributed by atoms with Crippen molar-refractivity contribution in [2.45, 2.75) is 46.6 Å². The summed E-state index contributed by atoms with van der Waals surface area (Å²) in [6.07, 6.45) is 6.30. The van der Waals surface area contributed by atoms with Gasteiger partial charge in [0.15, 0.2) is 0 Å². The van der Waals surface area contributed by atoms with Crippen LogP contribution >= 0.6 is 0 Å². The topological polar surface area (TPSA) is 24.9 Å². The first-order chi connectivity index (χ1) is 7.69. The molecule has 2 unspecified atom stereocenters. The molecule has 0 aliphatic rings. The van der Waals surface area contributed by atoms with E-state index in [9.17, 15) is 0 Å². The van der Waals surface area contributed by atoms with Gasteiger partial charge in [0, 0.05) is 18.4 Å². The van der Waals surface area contributed by atoms with Gasteiger partial charge in [-0.3, -0.25) is 4.98 Å². The van der Waals surface area contributed by atoms with Gasteiger partial charge in [0.25, 0.3) is 0 Å². The van der Waals surface area contributed by atoms with Crippen LogP contribution < -0.4 is 5.32 Å². The number of rotatable bonds is 6. The fourth-order valence-electron chi connectivity index (χ4n) is 1.98. The average molecular weight is 220 g/mol. The Morgan fingerprint density at radius 3 is 2.69 bits per heavy atom. The molecule has 0 saturated carbocycles. The summed E-state index contributed by atoms with van der Waals surface area (Å²) in [6, 6.07) is 2.55. The largest absolute Gasteiger partial charge is 0.310 e. The molecule has 1 heterocycles. The average Bonchev–Trinajstić information content (AvgIpc) is 2.29. The van der Waals surface area contributed by atoms with Crippen molar-refractivity contribution in [2.24, 2.45) is 5.92 Å². The Morgan fingerprint density at radius 1 is 1.38 bits per heavy atom. The summed E-state index contributed by atoms with van der Waals surface area (Å²) >= 11 is 0. The number of aromatic nitrogens is 1. The lowest BCUT2D eigenvalue weighted by molar-refractivity contribution is 0.406. The third-order valence-corrected chi connectivity index (χ3v) is 3.24. The molecule has 16 heavy (non-hydrogen) atoms. The van der Waals surface area contributed by atoms with Crippen LogP contribution in [0.1, 0.15) is 50.8 Å². The van der Waals surface area contributed by atoms with Crippen LogP contribution in [0.3, 0.4) is 0 Å². The first kappa shape index (κ1) is 13.2. The fraction of sp³-hybridized carbons (Fsp3) is 0.643. The molecular weight excluding hydrogens is 196 g/mol. The predicted molar refractivity (Wildman–Crippen MR) is 69.5 cm³/mol. The first-order valence-electron chi connectivity index (χ1n) is 6.32. The minimum atomic E-state index is 0.452. The van der Waals surface area contributed by atoms with Gasteiger partial charge in [0.1, 0.15) is 0 Å². The van der Waals surface area contributed by atoms with Crippen LogP contribution in [0.25, 0.3) is 0 Å². The standard InChI is InChI=1S/C14H24N2/c1-5-11(3)9-14(16-6-2)13-10-15-8-7-12(13)4/h7-8,10-11,14,16H,5-6,9H2,1-4H3. The number of pyridine rings is 1. The lowest BCUT2D eigenvalue weighted by Crippen LogP contribution is -2.23. The van der Waals surface area contributed by atoms with Crippen molar-refractivity contribution in [3.8, 4) is 0 Å². The molecule has 90 valence electrons. The highest BCUT2D eigenvalue weighted by Gasteiger charge is 2.15. The zero-order valence-corrected chi connectivity index (χ0v) is 11.0. The second kappa shape index (κ2) is 6.64. The molecule has 0 aliphatic carbocycles. The van der Waals surface area contributed by atoms with Gasteiger partial charge in [0.2, 0.25) is 0 Å². The summed E-state index contributed by atoms with van der Waals surface area (Å²) in [4.78, 5) is 4.24. The van der Waals surface area contributed by atoms with Gasteiger partial charge in [-0.1, -0.05) is 27.2 Å². The van der Waals surface area contributed by atoms with Gasteiger partial charge in [-0.05, 0) is 43.0 Å². The van der Waals surface area contributed by atoms with Gasteiger partial charge in [0.05, 0.1) is 0 Å². The normalized spacial score (nSPS) is 14.8. The van der Waals surface area contributed by atoms with E-state index in [0.717, 1.165) is 12.5 Å². The van der Waals surface area contributed by atoms with Gasteiger partial charge >= 0.3 is 0 Å². The molecule has 2 nitrogen and oxygen atoms in total. The third-order valence-electron chi connectivity index (χ3n) is 3.24. The molecule has 1 aromatic heterocycles. The molecule has 1 aromatic rings. The summed E-state index contributed by atoms with van der Waals surface area (Å²) in [6.45, 7) is 9.91. The molecule has 0 aromatic carbocycles. The molecule has 0 saturated heterocycles. The zero-order chi connectivity index (χ0) is 12.0. The molecule has 0 spiro atoms. The number of hydrogen-bond acceptors (Lipinski definition) is 2. The Kier molecular flexibility index (Phi) is 5.47. The molecular formula is C14H24N2. The van der Waals surface area contributed by atoms with Gasteiger partial charge in [-0.25, -0.2) is 0 Å². The summed E-state index contributed by atoms with van der Waals surface area (Å²) in [5.41, 5.74) is 2.69. The minimum Gasteiger partial charge on any atom is -0.310 e. The van der Waals surface area contributed by atoms with Crippen LogP contribution in [0.2, 0.25) is 0 Å². The Morgan fingerprint density at radius 2 is 2.12 bits per heavy atom. The van der Waals surface area contributed by atoms with E-state index >= 15 is 0 Å². The third kappa shape index (κ3) is 3.60. The van der Waals surface area contributed by atoms with E-state index in [2.05, 4.69) is 44.1 Å². The first-order valence-corrected chi connectivity index (χ1v) is 6.32. The highest BCUT2D eigenvalue weighted by molar-refractivity contribution is 5.25. The van der Waals surface area contributed by atoms with Gasteiger partial charge in [-0.15, -0.1) is 0 Å². The smallest absolute Gasteiger partial charge is 0.0340 e. The van der Waals surface area contributed by atoms with Crippen molar-refractivity contribution < 1.29 is 0 Å². The second-order valence-corrected chi connectivity index (χ2v) is 4.59. The second-order valence-electron chi connectivity index (χ2n) is 4.59. The monoisotopic (exact) mass is 220 g/mol. The Hall–Kier alpha value is -0.890. The quantitative estimate of drug-likeness (QED) is 0.794. The SMILES string of the molecule is CCNC(CC(C)CC)c1cnccc1C. The lowest BCUT2D eigenvalue weighted by Gasteiger charge is -2.22. The van der Waals surface area contributed by atoms with Gasteiger partial charge in [-0.2, -0.15) is 0 Å². The maximum absolute atomic E-state index is 4.24. The highest BCUT2D eigenvalue weighted by atomic mass is 14.9. The van der Waals surface area contributed by atoms with E-state index in [1.54, 1.807) is 0 Å². The minimum absolute atomic E-state index is 0.452. The molecule has 0 aliphatic heterocycles. The summed E-state index contributed by atoms with van der Waals surface area (Å²) in [5.74, 6) is 0.753. The Labute approximate surface area is 99.5 Å². The maximum Gasteiger partial charge on any atom is 0.0340 e. The molecule has 0 radical (unpaired) electrons.